The highest BCUT2D eigenvalue weighted by Crippen LogP contribution is 1.65. The van der Waals surface area contributed by atoms with Gasteiger partial charge < -0.3 is 0 Å². The normalized spacial score (nSPS) is 7.88. The third-order valence-electron chi connectivity index (χ3n) is 0.725. The van der Waals surface area contributed by atoms with Crippen LogP contribution in [-0.2, 0) is 0 Å². The lowest BCUT2D eigenvalue weighted by molar-refractivity contribution is -0.590. The van der Waals surface area contributed by atoms with Gasteiger partial charge in [0.15, 0.2) is 0 Å². The third-order valence-corrected chi connectivity index (χ3v) is 0.725. The van der Waals surface area contributed by atoms with E-state index in [0.29, 0.717) is 0 Å². The predicted molar refractivity (Wildman–Crippen MR) is 25.4 cm³/mol. The Hall–Kier alpha value is -1.43. The highest BCUT2D eigenvalue weighted by molar-refractivity contribution is 4.70. The summed E-state index contributed by atoms with van der Waals surface area (Å²) >= 11 is 0. The van der Waals surface area contributed by atoms with Gasteiger partial charge in [0, 0.05) is 11.3 Å². The standard InChI is InChI=1S/C5H4N3/c6-4-8-3-1-2-7-5-8/h1-3,5H/q+1. The van der Waals surface area contributed by atoms with Crippen LogP contribution in [0.2, 0.25) is 0 Å². The van der Waals surface area contributed by atoms with Crippen molar-refractivity contribution in [1.82, 2.24) is 4.98 Å². The molecule has 0 saturated carbocycles. The monoisotopic (exact) mass is 106 g/mol. The Balaban J connectivity index is 3.05. The number of rotatable bonds is 0. The summed E-state index contributed by atoms with van der Waals surface area (Å²) in [5, 5.41) is 8.21. The summed E-state index contributed by atoms with van der Waals surface area (Å²) in [6.45, 7) is 0. The van der Waals surface area contributed by atoms with Crippen LogP contribution in [-0.4, -0.2) is 4.98 Å². The van der Waals surface area contributed by atoms with Crippen molar-refractivity contribution < 1.29 is 4.57 Å². The van der Waals surface area contributed by atoms with Gasteiger partial charge in [0.05, 0.1) is 6.20 Å². The lowest BCUT2D eigenvalue weighted by atomic mass is 10.7. The van der Waals surface area contributed by atoms with Crippen molar-refractivity contribution in [2.45, 2.75) is 0 Å². The highest BCUT2D eigenvalue weighted by atomic mass is 15.0. The summed E-state index contributed by atoms with van der Waals surface area (Å²) in [7, 11) is 0. The molecule has 0 aliphatic heterocycles. The average molecular weight is 106 g/mol. The Bertz CT molecular complexity index is 199. The van der Waals surface area contributed by atoms with Crippen LogP contribution in [0.3, 0.4) is 0 Å². The largest absolute Gasteiger partial charge is 0.375 e. The molecule has 0 N–H and O–H groups in total. The van der Waals surface area contributed by atoms with Crippen molar-refractivity contribution in [1.29, 1.82) is 5.26 Å². The van der Waals surface area contributed by atoms with Gasteiger partial charge in [-0.2, -0.15) is 4.57 Å². The molecule has 3 nitrogen and oxygen atoms in total. The first-order valence-electron chi connectivity index (χ1n) is 2.15. The molecule has 0 fully saturated rings. The Morgan fingerprint density at radius 3 is 2.88 bits per heavy atom. The van der Waals surface area contributed by atoms with Crippen molar-refractivity contribution >= 4 is 0 Å². The first-order chi connectivity index (χ1) is 3.93. The Labute approximate surface area is 46.8 Å². The van der Waals surface area contributed by atoms with E-state index in [1.165, 1.54) is 10.9 Å². The van der Waals surface area contributed by atoms with Crippen LogP contribution < -0.4 is 4.57 Å². The molecule has 38 valence electrons. The van der Waals surface area contributed by atoms with Crippen LogP contribution in [0.1, 0.15) is 0 Å². The molecule has 1 rings (SSSR count). The zero-order valence-corrected chi connectivity index (χ0v) is 4.15. The number of nitrogens with zero attached hydrogens (tertiary/aromatic N) is 3. The molecular formula is C5H4N3+. The molecule has 0 aromatic carbocycles. The zero-order chi connectivity index (χ0) is 5.82. The van der Waals surface area contributed by atoms with Gasteiger partial charge in [-0.3, -0.25) is 0 Å². The molecule has 1 heterocycles. The third kappa shape index (κ3) is 0.793. The lowest BCUT2D eigenvalue weighted by Crippen LogP contribution is -2.26. The van der Waals surface area contributed by atoms with Crippen LogP contribution >= 0.6 is 0 Å². The minimum atomic E-state index is 1.32. The fraction of sp³-hybridized carbons (Fsp3) is 0. The number of hydrogen-bond acceptors (Lipinski definition) is 2. The summed E-state index contributed by atoms with van der Waals surface area (Å²) < 4.78 is 1.32. The molecule has 0 saturated heterocycles. The van der Waals surface area contributed by atoms with Gasteiger partial charge in [-0.15, -0.1) is 4.98 Å². The van der Waals surface area contributed by atoms with Gasteiger partial charge in [-0.25, -0.2) is 0 Å². The van der Waals surface area contributed by atoms with E-state index >= 15 is 0 Å². The van der Waals surface area contributed by atoms with E-state index in [4.69, 9.17) is 5.26 Å². The topological polar surface area (TPSA) is 40.6 Å². The van der Waals surface area contributed by atoms with E-state index < -0.39 is 0 Å². The van der Waals surface area contributed by atoms with Gasteiger partial charge in [-0.05, 0) is 0 Å². The molecule has 0 radical (unpaired) electrons. The van der Waals surface area contributed by atoms with Gasteiger partial charge >= 0.3 is 6.19 Å². The Morgan fingerprint density at radius 2 is 2.50 bits per heavy atom. The van der Waals surface area contributed by atoms with Crippen LogP contribution in [0.5, 0.6) is 0 Å². The van der Waals surface area contributed by atoms with E-state index in [1.54, 1.807) is 18.5 Å². The number of nitriles is 1. The number of hydrogen-bond donors (Lipinski definition) is 0. The fourth-order valence-corrected chi connectivity index (χ4v) is 0.389. The first-order valence-corrected chi connectivity index (χ1v) is 2.15. The second-order valence-electron chi connectivity index (χ2n) is 1.26. The molecular weight excluding hydrogens is 102 g/mol. The van der Waals surface area contributed by atoms with Crippen LogP contribution in [0.4, 0.5) is 0 Å². The SMILES string of the molecule is N#C[n+]1cccnc1. The number of aromatic nitrogens is 2. The average Bonchev–Trinajstić information content (AvgIpc) is 1.90. The summed E-state index contributed by atoms with van der Waals surface area (Å²) in [6.07, 6.45) is 6.58. The van der Waals surface area contributed by atoms with Crippen molar-refractivity contribution in [3.05, 3.63) is 24.8 Å². The highest BCUT2D eigenvalue weighted by Gasteiger charge is 1.85. The smallest absolute Gasteiger partial charge is 0.153 e. The summed E-state index contributed by atoms with van der Waals surface area (Å²) in [6, 6.07) is 1.70. The molecule has 1 aromatic rings. The maximum absolute atomic E-state index is 8.21. The predicted octanol–water partition coefficient (Wildman–Crippen LogP) is -0.302. The molecule has 0 bridgehead atoms. The quantitative estimate of drug-likeness (QED) is 0.426. The lowest BCUT2D eigenvalue weighted by Gasteiger charge is -1.75. The molecule has 0 spiro atoms. The molecule has 1 aromatic heterocycles. The Morgan fingerprint density at radius 1 is 1.62 bits per heavy atom. The maximum Gasteiger partial charge on any atom is 0.375 e. The molecule has 0 amide bonds. The molecule has 0 atom stereocenters. The van der Waals surface area contributed by atoms with E-state index in [1.807, 2.05) is 6.19 Å². The molecule has 0 aliphatic rings. The second kappa shape index (κ2) is 2.03. The summed E-state index contributed by atoms with van der Waals surface area (Å²) in [5.41, 5.74) is 0. The van der Waals surface area contributed by atoms with Gasteiger partial charge in [0.1, 0.15) is 6.20 Å². The second-order valence-corrected chi connectivity index (χ2v) is 1.26. The first kappa shape index (κ1) is 4.72. The van der Waals surface area contributed by atoms with E-state index in [-0.39, 0.29) is 0 Å². The van der Waals surface area contributed by atoms with Crippen molar-refractivity contribution in [2.24, 2.45) is 0 Å². The molecule has 3 heteroatoms. The van der Waals surface area contributed by atoms with E-state index in [9.17, 15) is 0 Å². The minimum Gasteiger partial charge on any atom is -0.153 e. The molecule has 0 unspecified atom stereocenters. The van der Waals surface area contributed by atoms with Crippen LogP contribution in [0.15, 0.2) is 24.8 Å². The van der Waals surface area contributed by atoms with Gasteiger partial charge in [0.25, 0.3) is 0 Å². The van der Waals surface area contributed by atoms with Crippen molar-refractivity contribution in [3.63, 3.8) is 0 Å². The van der Waals surface area contributed by atoms with Crippen molar-refractivity contribution in [3.8, 4) is 6.19 Å². The van der Waals surface area contributed by atoms with Gasteiger partial charge in [-0.1, -0.05) is 0 Å². The molecule has 0 aliphatic carbocycles. The van der Waals surface area contributed by atoms with Crippen molar-refractivity contribution in [2.75, 3.05) is 0 Å². The summed E-state index contributed by atoms with van der Waals surface area (Å²) in [4.78, 5) is 3.70. The Kier molecular flexibility index (Phi) is 1.20. The van der Waals surface area contributed by atoms with Crippen LogP contribution in [0.25, 0.3) is 0 Å². The fourth-order valence-electron chi connectivity index (χ4n) is 0.389. The summed E-state index contributed by atoms with van der Waals surface area (Å²) in [5.74, 6) is 0. The maximum atomic E-state index is 8.21. The van der Waals surface area contributed by atoms with E-state index in [2.05, 4.69) is 4.98 Å². The molecule has 8 heavy (non-hydrogen) atoms. The van der Waals surface area contributed by atoms with E-state index in [0.717, 1.165) is 0 Å². The minimum absolute atomic E-state index is 1.32. The van der Waals surface area contributed by atoms with Crippen LogP contribution in [0, 0.1) is 11.5 Å². The zero-order valence-electron chi connectivity index (χ0n) is 4.15. The van der Waals surface area contributed by atoms with Gasteiger partial charge in [0.2, 0.25) is 6.33 Å².